The number of carbonyl (C=O) groups is 2. The van der Waals surface area contributed by atoms with Crippen molar-refractivity contribution < 1.29 is 14.7 Å². The number of aromatic nitrogens is 2. The van der Waals surface area contributed by atoms with Gasteiger partial charge in [-0.05, 0) is 18.1 Å². The molecule has 2 aromatic rings. The minimum absolute atomic E-state index is 0. The molecule has 7 heteroatoms. The molecular formula is C18H14N3NaO3. The van der Waals surface area contributed by atoms with E-state index < -0.39 is 5.97 Å². The third-order valence-electron chi connectivity index (χ3n) is 4.85. The van der Waals surface area contributed by atoms with Crippen molar-refractivity contribution in [1.82, 2.24) is 14.5 Å². The van der Waals surface area contributed by atoms with E-state index in [-0.39, 0.29) is 47.2 Å². The molecule has 1 aromatic heterocycles. The molecule has 3 aliphatic rings. The van der Waals surface area contributed by atoms with Gasteiger partial charge in [0.1, 0.15) is 11.5 Å². The van der Waals surface area contributed by atoms with Crippen LogP contribution < -0.4 is 0 Å². The van der Waals surface area contributed by atoms with Crippen LogP contribution in [0.25, 0.3) is 17.5 Å². The summed E-state index contributed by atoms with van der Waals surface area (Å²) in [4.78, 5) is 29.4. The first-order valence-corrected chi connectivity index (χ1v) is 7.77. The summed E-state index contributed by atoms with van der Waals surface area (Å²) in [5, 5.41) is 9.10. The van der Waals surface area contributed by atoms with Crippen LogP contribution in [0.1, 0.15) is 17.7 Å². The standard InChI is InChI=1S/C18H13N3O3.Na.H/c22-17-13(14-5-6-15(18(23)24)21(14)17)7-11-9-20-8-10-3-1-2-4-12(10)16(20)19-11;;/h1-4,6-7,9,14H,5,8H2,(H,23,24);;. The monoisotopic (exact) mass is 343 g/mol. The van der Waals surface area contributed by atoms with Gasteiger partial charge in [0.2, 0.25) is 0 Å². The van der Waals surface area contributed by atoms with Crippen LogP contribution in [0.2, 0.25) is 0 Å². The van der Waals surface area contributed by atoms with Crippen LogP contribution in [0.3, 0.4) is 0 Å². The van der Waals surface area contributed by atoms with E-state index in [9.17, 15) is 9.59 Å². The summed E-state index contributed by atoms with van der Waals surface area (Å²) in [6.07, 6.45) is 5.89. The molecule has 0 bridgehead atoms. The van der Waals surface area contributed by atoms with Gasteiger partial charge in [0, 0.05) is 23.9 Å². The fourth-order valence-corrected chi connectivity index (χ4v) is 3.74. The first kappa shape index (κ1) is 16.3. The van der Waals surface area contributed by atoms with Gasteiger partial charge in [0.25, 0.3) is 5.91 Å². The number of aliphatic carboxylic acids is 1. The van der Waals surface area contributed by atoms with Crippen molar-refractivity contribution in [3.05, 3.63) is 59.1 Å². The molecule has 1 atom stereocenters. The van der Waals surface area contributed by atoms with Crippen LogP contribution in [0.15, 0.2) is 47.8 Å². The molecule has 0 saturated carbocycles. The number of imidazole rings is 1. The van der Waals surface area contributed by atoms with Crippen molar-refractivity contribution in [2.24, 2.45) is 0 Å². The number of fused-ring (bicyclic) bond motifs is 4. The summed E-state index contributed by atoms with van der Waals surface area (Å²) >= 11 is 0. The molecule has 120 valence electrons. The van der Waals surface area contributed by atoms with Gasteiger partial charge in [-0.1, -0.05) is 30.3 Å². The van der Waals surface area contributed by atoms with Crippen molar-refractivity contribution >= 4 is 47.5 Å². The second-order valence-corrected chi connectivity index (χ2v) is 6.20. The quantitative estimate of drug-likeness (QED) is 0.431. The van der Waals surface area contributed by atoms with Gasteiger partial charge < -0.3 is 9.67 Å². The molecular weight excluding hydrogens is 329 g/mol. The van der Waals surface area contributed by atoms with E-state index in [0.717, 1.165) is 23.6 Å². The van der Waals surface area contributed by atoms with E-state index >= 15 is 0 Å². The van der Waals surface area contributed by atoms with Crippen LogP contribution in [-0.4, -0.2) is 67.0 Å². The van der Waals surface area contributed by atoms with Crippen molar-refractivity contribution in [3.63, 3.8) is 0 Å². The molecule has 0 aliphatic carbocycles. The number of benzene rings is 1. The van der Waals surface area contributed by atoms with Crippen LogP contribution in [0.5, 0.6) is 0 Å². The average molecular weight is 343 g/mol. The average Bonchev–Trinajstić information content (AvgIpc) is 3.22. The zero-order valence-electron chi connectivity index (χ0n) is 12.6. The van der Waals surface area contributed by atoms with Crippen LogP contribution in [0, 0.1) is 0 Å². The van der Waals surface area contributed by atoms with E-state index in [1.807, 2.05) is 24.4 Å². The normalized spacial score (nSPS) is 21.2. The van der Waals surface area contributed by atoms with E-state index in [0.29, 0.717) is 12.0 Å². The SMILES string of the molecule is O=C(O)C1=CCC2C(=Cc3cn4c(n3)-c3ccccc3C4)C(=O)N12.[NaH]. The summed E-state index contributed by atoms with van der Waals surface area (Å²) < 4.78 is 2.08. The Hall–Kier alpha value is -2.15. The Morgan fingerprint density at radius 3 is 2.92 bits per heavy atom. The van der Waals surface area contributed by atoms with Gasteiger partial charge in [-0.15, -0.1) is 0 Å². The first-order valence-electron chi connectivity index (χ1n) is 7.77. The zero-order chi connectivity index (χ0) is 16.4. The van der Waals surface area contributed by atoms with E-state index in [2.05, 4.69) is 15.6 Å². The maximum atomic E-state index is 12.3. The Bertz CT molecular complexity index is 989. The van der Waals surface area contributed by atoms with Crippen molar-refractivity contribution in [3.8, 4) is 11.4 Å². The van der Waals surface area contributed by atoms with Crippen LogP contribution in [0.4, 0.5) is 0 Å². The fraction of sp³-hybridized carbons (Fsp3) is 0.167. The number of nitrogens with zero attached hydrogens (tertiary/aromatic N) is 3. The molecule has 0 spiro atoms. The van der Waals surface area contributed by atoms with Crippen molar-refractivity contribution in [2.75, 3.05) is 0 Å². The van der Waals surface area contributed by atoms with Crippen LogP contribution >= 0.6 is 0 Å². The number of β-lactam (4-membered cyclic amide) rings is 1. The number of hydrogen-bond acceptors (Lipinski definition) is 3. The molecule has 25 heavy (non-hydrogen) atoms. The number of carbonyl (C=O) groups excluding carboxylic acids is 1. The van der Waals surface area contributed by atoms with Crippen molar-refractivity contribution in [2.45, 2.75) is 19.0 Å². The number of hydrogen-bond donors (Lipinski definition) is 1. The molecule has 4 heterocycles. The molecule has 6 nitrogen and oxygen atoms in total. The molecule has 1 fully saturated rings. The number of rotatable bonds is 2. The van der Waals surface area contributed by atoms with Gasteiger partial charge in [-0.3, -0.25) is 9.69 Å². The summed E-state index contributed by atoms with van der Waals surface area (Å²) in [6.45, 7) is 0.788. The summed E-state index contributed by atoms with van der Waals surface area (Å²) in [6, 6.07) is 7.99. The topological polar surface area (TPSA) is 75.4 Å². The predicted molar refractivity (Wildman–Crippen MR) is 92.9 cm³/mol. The minimum atomic E-state index is -1.05. The second kappa shape index (κ2) is 5.69. The Kier molecular flexibility index (Phi) is 3.72. The maximum absolute atomic E-state index is 12.3. The number of carboxylic acid groups (broad SMARTS) is 1. The summed E-state index contributed by atoms with van der Waals surface area (Å²) in [7, 11) is 0. The number of amides is 1. The predicted octanol–water partition coefficient (Wildman–Crippen LogP) is 1.23. The Balaban J connectivity index is 0.00000157. The molecule has 3 aliphatic heterocycles. The van der Waals surface area contributed by atoms with E-state index in [4.69, 9.17) is 5.11 Å². The molecule has 5 rings (SSSR count). The van der Waals surface area contributed by atoms with Gasteiger partial charge in [0.15, 0.2) is 0 Å². The first-order chi connectivity index (χ1) is 11.6. The van der Waals surface area contributed by atoms with Gasteiger partial charge in [0.05, 0.1) is 11.7 Å². The van der Waals surface area contributed by atoms with E-state index in [1.165, 1.54) is 10.5 Å². The Labute approximate surface area is 165 Å². The van der Waals surface area contributed by atoms with Gasteiger partial charge in [-0.25, -0.2) is 9.78 Å². The third kappa shape index (κ3) is 2.25. The Morgan fingerprint density at radius 1 is 1.32 bits per heavy atom. The third-order valence-corrected chi connectivity index (χ3v) is 4.85. The molecule has 0 radical (unpaired) electrons. The molecule has 1 aromatic carbocycles. The number of carboxylic acids is 1. The summed E-state index contributed by atoms with van der Waals surface area (Å²) in [5.41, 5.74) is 3.83. The molecule has 1 unspecified atom stereocenters. The van der Waals surface area contributed by atoms with Gasteiger partial charge >= 0.3 is 35.5 Å². The summed E-state index contributed by atoms with van der Waals surface area (Å²) in [5.74, 6) is -0.376. The second-order valence-electron chi connectivity index (χ2n) is 6.20. The molecule has 1 amide bonds. The van der Waals surface area contributed by atoms with E-state index in [1.54, 1.807) is 12.2 Å². The van der Waals surface area contributed by atoms with Crippen LogP contribution in [-0.2, 0) is 16.1 Å². The fourth-order valence-electron chi connectivity index (χ4n) is 3.74. The molecule has 1 saturated heterocycles. The molecule has 1 N–H and O–H groups in total. The Morgan fingerprint density at radius 2 is 2.12 bits per heavy atom. The zero-order valence-corrected chi connectivity index (χ0v) is 12.6. The van der Waals surface area contributed by atoms with Gasteiger partial charge in [-0.2, -0.15) is 0 Å². The van der Waals surface area contributed by atoms with Crippen molar-refractivity contribution in [1.29, 1.82) is 0 Å².